The van der Waals surface area contributed by atoms with Crippen molar-refractivity contribution in [2.45, 2.75) is 45.1 Å². The highest BCUT2D eigenvalue weighted by Gasteiger charge is 2.23. The Balaban J connectivity index is 2.25. The average molecular weight is 297 g/mol. The zero-order valence-electron chi connectivity index (χ0n) is 10.5. The number of anilines is 2. The number of piperidine rings is 1. The van der Waals surface area contributed by atoms with Crippen LogP contribution in [0.3, 0.4) is 0 Å². The Bertz CT molecular complexity index is 376. The standard InChI is InChI=1S/C14H21BrN2/c1-2-5-12-6-3-4-9-17(12)14-10-11(15)7-8-13(14)16/h7-8,10,12H,2-6,9,16H2,1H3. The lowest BCUT2D eigenvalue weighted by atomic mass is 9.97. The molecule has 0 saturated carbocycles. The number of hydrogen-bond acceptors (Lipinski definition) is 2. The summed E-state index contributed by atoms with van der Waals surface area (Å²) in [6.45, 7) is 3.41. The van der Waals surface area contributed by atoms with Gasteiger partial charge in [-0.3, -0.25) is 0 Å². The second-order valence-electron chi connectivity index (χ2n) is 4.83. The maximum absolute atomic E-state index is 6.12. The highest BCUT2D eigenvalue weighted by atomic mass is 79.9. The van der Waals surface area contributed by atoms with Gasteiger partial charge in [0.05, 0.1) is 11.4 Å². The number of halogens is 1. The van der Waals surface area contributed by atoms with E-state index in [1.165, 1.54) is 37.8 Å². The second-order valence-corrected chi connectivity index (χ2v) is 5.75. The lowest BCUT2D eigenvalue weighted by Gasteiger charge is -2.38. The van der Waals surface area contributed by atoms with E-state index < -0.39 is 0 Å². The van der Waals surface area contributed by atoms with Crippen molar-refractivity contribution in [2.24, 2.45) is 0 Å². The second kappa shape index (κ2) is 5.76. The summed E-state index contributed by atoms with van der Waals surface area (Å²) < 4.78 is 1.11. The number of benzene rings is 1. The predicted molar refractivity (Wildman–Crippen MR) is 78.4 cm³/mol. The minimum absolute atomic E-state index is 0.672. The lowest BCUT2D eigenvalue weighted by molar-refractivity contribution is 0.435. The first kappa shape index (κ1) is 12.7. The molecule has 1 aliphatic heterocycles. The van der Waals surface area contributed by atoms with Crippen LogP contribution >= 0.6 is 15.9 Å². The van der Waals surface area contributed by atoms with Crippen LogP contribution in [0.5, 0.6) is 0 Å². The summed E-state index contributed by atoms with van der Waals surface area (Å²) in [5.41, 5.74) is 8.22. The number of nitrogens with zero attached hydrogens (tertiary/aromatic N) is 1. The van der Waals surface area contributed by atoms with Gasteiger partial charge >= 0.3 is 0 Å². The fourth-order valence-corrected chi connectivity index (χ4v) is 3.07. The summed E-state index contributed by atoms with van der Waals surface area (Å²) in [6.07, 6.45) is 6.46. The first-order chi connectivity index (χ1) is 8.22. The molecule has 1 aromatic rings. The highest BCUT2D eigenvalue weighted by molar-refractivity contribution is 9.10. The van der Waals surface area contributed by atoms with E-state index in [2.05, 4.69) is 33.8 Å². The van der Waals surface area contributed by atoms with E-state index in [1.54, 1.807) is 0 Å². The van der Waals surface area contributed by atoms with Crippen LogP contribution in [-0.4, -0.2) is 12.6 Å². The summed E-state index contributed by atoms with van der Waals surface area (Å²) in [6, 6.07) is 6.84. The van der Waals surface area contributed by atoms with Gasteiger partial charge in [-0.15, -0.1) is 0 Å². The summed E-state index contributed by atoms with van der Waals surface area (Å²) in [5, 5.41) is 0. The zero-order valence-corrected chi connectivity index (χ0v) is 12.0. The van der Waals surface area contributed by atoms with Crippen LogP contribution in [0.2, 0.25) is 0 Å². The molecule has 0 aromatic heterocycles. The van der Waals surface area contributed by atoms with Gasteiger partial charge in [0, 0.05) is 17.1 Å². The summed E-state index contributed by atoms with van der Waals surface area (Å²) >= 11 is 3.54. The molecule has 1 aromatic carbocycles. The number of hydrogen-bond donors (Lipinski definition) is 1. The van der Waals surface area contributed by atoms with Crippen LogP contribution in [-0.2, 0) is 0 Å². The molecule has 2 rings (SSSR count). The maximum atomic E-state index is 6.12. The van der Waals surface area contributed by atoms with E-state index in [0.29, 0.717) is 6.04 Å². The smallest absolute Gasteiger partial charge is 0.0613 e. The molecule has 17 heavy (non-hydrogen) atoms. The summed E-state index contributed by atoms with van der Waals surface area (Å²) in [7, 11) is 0. The van der Waals surface area contributed by atoms with Gasteiger partial charge < -0.3 is 10.6 Å². The van der Waals surface area contributed by atoms with Gasteiger partial charge in [-0.2, -0.15) is 0 Å². The SMILES string of the molecule is CCCC1CCCCN1c1cc(Br)ccc1N. The molecule has 2 nitrogen and oxygen atoms in total. The van der Waals surface area contributed by atoms with Gasteiger partial charge in [-0.25, -0.2) is 0 Å². The average Bonchev–Trinajstić information content (AvgIpc) is 2.34. The molecule has 1 unspecified atom stereocenters. The van der Waals surface area contributed by atoms with Crippen LogP contribution in [0.1, 0.15) is 39.0 Å². The van der Waals surface area contributed by atoms with E-state index in [4.69, 9.17) is 5.73 Å². The Hall–Kier alpha value is -0.700. The zero-order chi connectivity index (χ0) is 12.3. The molecule has 3 heteroatoms. The fourth-order valence-electron chi connectivity index (χ4n) is 2.72. The van der Waals surface area contributed by atoms with Crippen LogP contribution in [0.25, 0.3) is 0 Å². The minimum Gasteiger partial charge on any atom is -0.397 e. The molecule has 1 heterocycles. The Labute approximate surface area is 112 Å². The molecule has 1 saturated heterocycles. The van der Waals surface area contributed by atoms with Gasteiger partial charge in [-0.05, 0) is 43.9 Å². The van der Waals surface area contributed by atoms with E-state index in [-0.39, 0.29) is 0 Å². The van der Waals surface area contributed by atoms with Crippen molar-refractivity contribution in [1.29, 1.82) is 0 Å². The van der Waals surface area contributed by atoms with Gasteiger partial charge in [0.25, 0.3) is 0 Å². The number of nitrogens with two attached hydrogens (primary N) is 1. The third-order valence-corrected chi connectivity index (χ3v) is 4.04. The Morgan fingerprint density at radius 1 is 1.41 bits per heavy atom. The molecule has 0 bridgehead atoms. The Kier molecular flexibility index (Phi) is 4.32. The molecule has 1 atom stereocenters. The molecule has 0 radical (unpaired) electrons. The monoisotopic (exact) mass is 296 g/mol. The number of nitrogen functional groups attached to an aromatic ring is 1. The van der Waals surface area contributed by atoms with E-state index in [9.17, 15) is 0 Å². The van der Waals surface area contributed by atoms with Crippen molar-refractivity contribution in [3.05, 3.63) is 22.7 Å². The molecule has 94 valence electrons. The molecule has 0 amide bonds. The van der Waals surface area contributed by atoms with Gasteiger partial charge in [-0.1, -0.05) is 29.3 Å². The topological polar surface area (TPSA) is 29.3 Å². The first-order valence-corrected chi connectivity index (χ1v) is 7.33. The van der Waals surface area contributed by atoms with E-state index in [0.717, 1.165) is 16.7 Å². The summed E-state index contributed by atoms with van der Waals surface area (Å²) in [5.74, 6) is 0. The molecule has 1 aliphatic rings. The molecule has 0 spiro atoms. The quantitative estimate of drug-likeness (QED) is 0.848. The highest BCUT2D eigenvalue weighted by Crippen LogP contribution is 2.33. The normalized spacial score (nSPS) is 20.6. The third-order valence-electron chi connectivity index (χ3n) is 3.55. The summed E-state index contributed by atoms with van der Waals surface area (Å²) in [4.78, 5) is 2.51. The van der Waals surface area contributed by atoms with Gasteiger partial charge in [0.15, 0.2) is 0 Å². The molecule has 0 aliphatic carbocycles. The van der Waals surface area contributed by atoms with E-state index in [1.807, 2.05) is 12.1 Å². The third kappa shape index (κ3) is 2.95. The van der Waals surface area contributed by atoms with Crippen molar-refractivity contribution >= 4 is 27.3 Å². The van der Waals surface area contributed by atoms with E-state index >= 15 is 0 Å². The van der Waals surface area contributed by atoms with Gasteiger partial charge in [0.2, 0.25) is 0 Å². The molecular formula is C14H21BrN2. The molecule has 1 fully saturated rings. The van der Waals surface area contributed by atoms with Crippen LogP contribution in [0, 0.1) is 0 Å². The van der Waals surface area contributed by atoms with Gasteiger partial charge in [0.1, 0.15) is 0 Å². The maximum Gasteiger partial charge on any atom is 0.0613 e. The molecular weight excluding hydrogens is 276 g/mol. The Morgan fingerprint density at radius 2 is 2.24 bits per heavy atom. The number of rotatable bonds is 3. The predicted octanol–water partition coefficient (Wildman–Crippen LogP) is 4.19. The molecule has 2 N–H and O–H groups in total. The largest absolute Gasteiger partial charge is 0.397 e. The fraction of sp³-hybridized carbons (Fsp3) is 0.571. The lowest BCUT2D eigenvalue weighted by Crippen LogP contribution is -2.39. The van der Waals surface area contributed by atoms with Crippen molar-refractivity contribution in [3.63, 3.8) is 0 Å². The Morgan fingerprint density at radius 3 is 3.00 bits per heavy atom. The van der Waals surface area contributed by atoms with Crippen molar-refractivity contribution < 1.29 is 0 Å². The van der Waals surface area contributed by atoms with Crippen LogP contribution < -0.4 is 10.6 Å². The van der Waals surface area contributed by atoms with Crippen molar-refractivity contribution in [3.8, 4) is 0 Å². The first-order valence-electron chi connectivity index (χ1n) is 6.54. The van der Waals surface area contributed by atoms with Crippen molar-refractivity contribution in [1.82, 2.24) is 0 Å². The van der Waals surface area contributed by atoms with Crippen molar-refractivity contribution in [2.75, 3.05) is 17.2 Å². The van der Waals surface area contributed by atoms with Crippen LogP contribution in [0.4, 0.5) is 11.4 Å². The minimum atomic E-state index is 0.672. The van der Waals surface area contributed by atoms with Crippen LogP contribution in [0.15, 0.2) is 22.7 Å².